The monoisotopic (exact) mass is 1340 g/mol. The van der Waals surface area contributed by atoms with E-state index in [1.54, 1.807) is 0 Å². The van der Waals surface area contributed by atoms with Gasteiger partial charge in [-0.15, -0.1) is 0 Å². The van der Waals surface area contributed by atoms with Gasteiger partial charge in [0.05, 0.1) is 13.2 Å². The molecule has 2 unspecified atom stereocenters. The summed E-state index contributed by atoms with van der Waals surface area (Å²) < 4.78 is 33.3. The van der Waals surface area contributed by atoms with Crippen LogP contribution in [-0.2, 0) is 32.7 Å². The third-order valence-corrected chi connectivity index (χ3v) is 17.7. The number of carbonyl (C=O) groups excluding carboxylic acids is 2. The first kappa shape index (κ1) is 90.9. The third-order valence-electron chi connectivity index (χ3n) is 16.7. The first-order valence-corrected chi connectivity index (χ1v) is 40.8. The average Bonchev–Trinajstić information content (AvgIpc) is 2.64. The van der Waals surface area contributed by atoms with Crippen molar-refractivity contribution in [3.05, 3.63) is 146 Å². The van der Waals surface area contributed by atoms with Crippen molar-refractivity contribution < 1.29 is 37.6 Å². The Balaban J connectivity index is 3.84. The molecule has 0 aromatic carbocycles. The van der Waals surface area contributed by atoms with Gasteiger partial charge in [-0.2, -0.15) is 0 Å². The first-order chi connectivity index (χ1) is 46.8. The number of hydrogen-bond acceptors (Lipinski definition) is 8. The Hall–Kier alpha value is -4.11. The Morgan fingerprint density at radius 3 is 0.811 bits per heavy atom. The molecule has 0 fully saturated rings. The van der Waals surface area contributed by atoms with Crippen molar-refractivity contribution in [2.75, 3.05) is 26.4 Å². The lowest BCUT2D eigenvalue weighted by Gasteiger charge is -2.19. The van der Waals surface area contributed by atoms with Crippen molar-refractivity contribution in [2.24, 2.45) is 5.73 Å². The fraction of sp³-hybridized carbons (Fsp3) is 0.694. The van der Waals surface area contributed by atoms with Crippen LogP contribution in [0, 0.1) is 0 Å². The Morgan fingerprint density at radius 1 is 0.316 bits per heavy atom. The molecule has 0 aliphatic carbocycles. The summed E-state index contributed by atoms with van der Waals surface area (Å²) in [5.74, 6) is -0.822. The molecule has 0 amide bonds. The number of ether oxygens (including phenoxy) is 2. The molecule has 95 heavy (non-hydrogen) atoms. The number of unbranched alkanes of at least 4 members (excludes halogenated alkanes) is 36. The second kappa shape index (κ2) is 78.9. The lowest BCUT2D eigenvalue weighted by molar-refractivity contribution is -0.161. The van der Waals surface area contributed by atoms with Crippen molar-refractivity contribution in [3.8, 4) is 0 Å². The highest BCUT2D eigenvalue weighted by Gasteiger charge is 2.26. The summed E-state index contributed by atoms with van der Waals surface area (Å²) in [6.07, 6.45) is 114. The highest BCUT2D eigenvalue weighted by Crippen LogP contribution is 2.43. The lowest BCUT2D eigenvalue weighted by atomic mass is 10.0. The molecule has 0 aromatic heterocycles. The Labute approximate surface area is 586 Å². The van der Waals surface area contributed by atoms with Crippen LogP contribution in [0.1, 0.15) is 348 Å². The van der Waals surface area contributed by atoms with Crippen LogP contribution in [-0.4, -0.2) is 49.3 Å². The number of carbonyl (C=O) groups is 2. The van der Waals surface area contributed by atoms with Gasteiger partial charge in [-0.3, -0.25) is 18.6 Å². The minimum Gasteiger partial charge on any atom is -0.462 e. The summed E-state index contributed by atoms with van der Waals surface area (Å²) in [5.41, 5.74) is 5.41. The number of phosphoric ester groups is 1. The highest BCUT2D eigenvalue weighted by atomic mass is 31.2. The van der Waals surface area contributed by atoms with E-state index in [2.05, 4.69) is 160 Å². The van der Waals surface area contributed by atoms with Gasteiger partial charge in [-0.05, 0) is 116 Å². The molecule has 544 valence electrons. The molecular formula is C85H146NO8P. The standard InChI is InChI=1S/C85H146NO8P/c1-3-5-7-9-11-13-15-17-19-21-23-25-27-29-31-33-35-37-39-41-43-45-47-49-51-53-55-57-59-61-63-65-67-69-71-73-75-77-84(87)91-81-83(82-93-95(89,90)92-80-79-86)94-85(88)78-76-74-72-70-68-66-64-62-60-58-56-54-52-50-48-46-44-42-40-38-36-34-32-30-28-26-24-22-20-18-16-14-12-10-8-6-4-2/h5-8,11-14,17-20,23-26,30,32,36,38,42,44,48,50,83H,3-4,9-10,15-16,21-22,27-29,31,33-35,37,39-41,43,45-47,49,51-82,86H2,1-2H3,(H,89,90)/b7-5-,8-6-,13-11-,14-12-,19-17-,20-18-,25-23-,26-24-,32-30-,38-36-,44-42-,50-48-. The van der Waals surface area contributed by atoms with Crippen molar-refractivity contribution in [1.82, 2.24) is 0 Å². The van der Waals surface area contributed by atoms with Crippen molar-refractivity contribution in [3.63, 3.8) is 0 Å². The predicted octanol–water partition coefficient (Wildman–Crippen LogP) is 26.5. The fourth-order valence-corrected chi connectivity index (χ4v) is 11.8. The van der Waals surface area contributed by atoms with E-state index in [0.29, 0.717) is 6.42 Å². The number of esters is 2. The van der Waals surface area contributed by atoms with E-state index in [0.717, 1.165) is 116 Å². The summed E-state index contributed by atoms with van der Waals surface area (Å²) in [4.78, 5) is 35.5. The Kier molecular flexibility index (Phi) is 75.5. The van der Waals surface area contributed by atoms with Gasteiger partial charge in [0.2, 0.25) is 0 Å². The molecule has 0 aromatic rings. The summed E-state index contributed by atoms with van der Waals surface area (Å²) in [6, 6.07) is 0. The molecule has 10 heteroatoms. The molecular weight excluding hydrogens is 1190 g/mol. The maximum Gasteiger partial charge on any atom is 0.472 e. The van der Waals surface area contributed by atoms with Gasteiger partial charge in [0.1, 0.15) is 6.61 Å². The Bertz CT molecular complexity index is 2080. The smallest absolute Gasteiger partial charge is 0.462 e. The summed E-state index contributed by atoms with van der Waals surface area (Å²) in [6.45, 7) is 3.55. The summed E-state index contributed by atoms with van der Waals surface area (Å²) >= 11 is 0. The Morgan fingerprint density at radius 2 is 0.547 bits per heavy atom. The molecule has 0 bridgehead atoms. The molecule has 0 rings (SSSR count). The van der Waals surface area contributed by atoms with Gasteiger partial charge in [0, 0.05) is 19.4 Å². The minimum atomic E-state index is -4.40. The average molecular weight is 1340 g/mol. The van der Waals surface area contributed by atoms with Crippen LogP contribution < -0.4 is 5.73 Å². The van der Waals surface area contributed by atoms with Crippen LogP contribution >= 0.6 is 7.82 Å². The summed E-state index contributed by atoms with van der Waals surface area (Å²) in [7, 11) is -4.40. The van der Waals surface area contributed by atoms with Crippen molar-refractivity contribution >= 4 is 19.8 Å². The molecule has 9 nitrogen and oxygen atoms in total. The van der Waals surface area contributed by atoms with Gasteiger partial charge in [0.25, 0.3) is 0 Å². The first-order valence-electron chi connectivity index (χ1n) is 39.3. The molecule has 3 N–H and O–H groups in total. The van der Waals surface area contributed by atoms with Gasteiger partial charge < -0.3 is 20.1 Å². The van der Waals surface area contributed by atoms with Crippen LogP contribution in [0.15, 0.2) is 146 Å². The fourth-order valence-electron chi connectivity index (χ4n) is 11.0. The number of hydrogen-bond donors (Lipinski definition) is 2. The second-order valence-electron chi connectivity index (χ2n) is 25.8. The number of nitrogens with two attached hydrogens (primary N) is 1. The lowest BCUT2D eigenvalue weighted by Crippen LogP contribution is -2.29. The molecule has 0 aliphatic heterocycles. The molecule has 0 heterocycles. The number of rotatable bonds is 73. The maximum absolute atomic E-state index is 12.8. The van der Waals surface area contributed by atoms with E-state index >= 15 is 0 Å². The zero-order valence-corrected chi connectivity index (χ0v) is 62.3. The van der Waals surface area contributed by atoms with Gasteiger partial charge in [-0.1, -0.05) is 365 Å². The molecule has 0 saturated heterocycles. The maximum atomic E-state index is 12.8. The molecule has 0 radical (unpaired) electrons. The van der Waals surface area contributed by atoms with Crippen LogP contribution in [0.4, 0.5) is 0 Å². The van der Waals surface area contributed by atoms with Gasteiger partial charge in [0.15, 0.2) is 6.10 Å². The van der Waals surface area contributed by atoms with E-state index in [9.17, 15) is 19.0 Å². The second-order valence-corrected chi connectivity index (χ2v) is 27.3. The van der Waals surface area contributed by atoms with Crippen LogP contribution in [0.25, 0.3) is 0 Å². The SMILES string of the molecule is CC/C=C\C/C=C\C/C=C\C/C=C\C/C=C\C/C=C\C/C=C\C/C=C\CCCCCCCCCCCCCCC(=O)OC(COC(=O)CCCCCCCCCCCCCCCCCCCCCCCCCC/C=C\C/C=C\C/C=C\C/C=C\CC)COP(=O)(O)OCCN. The predicted molar refractivity (Wildman–Crippen MR) is 413 cm³/mol. The topological polar surface area (TPSA) is 134 Å². The summed E-state index contributed by atoms with van der Waals surface area (Å²) in [5, 5.41) is 0. The third kappa shape index (κ3) is 78.8. The zero-order valence-electron chi connectivity index (χ0n) is 61.4. The van der Waals surface area contributed by atoms with Crippen LogP contribution in [0.5, 0.6) is 0 Å². The number of allylic oxidation sites excluding steroid dienone is 24. The molecule has 0 spiro atoms. The van der Waals surface area contributed by atoms with Gasteiger partial charge >= 0.3 is 19.8 Å². The van der Waals surface area contributed by atoms with E-state index in [1.807, 2.05) is 0 Å². The van der Waals surface area contributed by atoms with Crippen LogP contribution in [0.3, 0.4) is 0 Å². The normalized spacial score (nSPS) is 13.7. The quantitative estimate of drug-likeness (QED) is 0.0264. The van der Waals surface area contributed by atoms with E-state index in [-0.39, 0.29) is 38.6 Å². The largest absolute Gasteiger partial charge is 0.472 e. The number of phosphoric acid groups is 1. The van der Waals surface area contributed by atoms with E-state index in [4.69, 9.17) is 24.3 Å². The molecule has 2 atom stereocenters. The minimum absolute atomic E-state index is 0.0493. The molecule has 0 saturated carbocycles. The van der Waals surface area contributed by atoms with Crippen molar-refractivity contribution in [2.45, 2.75) is 354 Å². The zero-order chi connectivity index (χ0) is 68.6. The van der Waals surface area contributed by atoms with Crippen LogP contribution in [0.2, 0.25) is 0 Å². The van der Waals surface area contributed by atoms with E-state index in [1.165, 1.54) is 199 Å². The molecule has 0 aliphatic rings. The highest BCUT2D eigenvalue weighted by molar-refractivity contribution is 7.47. The van der Waals surface area contributed by atoms with Gasteiger partial charge in [-0.25, -0.2) is 4.57 Å². The van der Waals surface area contributed by atoms with Crippen molar-refractivity contribution in [1.29, 1.82) is 0 Å². The van der Waals surface area contributed by atoms with E-state index < -0.39 is 26.5 Å².